The van der Waals surface area contributed by atoms with Crippen LogP contribution in [0.5, 0.6) is 0 Å². The number of carboxylic acid groups (broad SMARTS) is 1. The van der Waals surface area contributed by atoms with Crippen molar-refractivity contribution >= 4 is 23.5 Å². The highest BCUT2D eigenvalue weighted by Gasteiger charge is 2.34. The molecular formula is C23H24N2O4. The van der Waals surface area contributed by atoms with E-state index in [1.54, 1.807) is 30.3 Å². The Bertz CT molecular complexity index is 908. The summed E-state index contributed by atoms with van der Waals surface area (Å²) in [6.07, 6.45) is 5.02. The molecule has 0 saturated heterocycles. The zero-order valence-electron chi connectivity index (χ0n) is 16.0. The quantitative estimate of drug-likeness (QED) is 0.630. The van der Waals surface area contributed by atoms with E-state index in [2.05, 4.69) is 10.6 Å². The number of hydrogen-bond acceptors (Lipinski definition) is 3. The molecule has 6 nitrogen and oxygen atoms in total. The molecule has 29 heavy (non-hydrogen) atoms. The van der Waals surface area contributed by atoms with E-state index in [-0.39, 0.29) is 11.8 Å². The van der Waals surface area contributed by atoms with Crippen LogP contribution in [0.4, 0.5) is 5.69 Å². The summed E-state index contributed by atoms with van der Waals surface area (Å²) in [5.74, 6) is -3.07. The Hall–Kier alpha value is -3.41. The van der Waals surface area contributed by atoms with Crippen LogP contribution < -0.4 is 10.6 Å². The van der Waals surface area contributed by atoms with Crippen LogP contribution in [-0.4, -0.2) is 29.4 Å². The molecule has 0 fully saturated rings. The smallest absolute Gasteiger partial charge is 0.307 e. The standard InChI is InChI=1S/C23H24N2O4/c26-21(24-15-14-16-8-2-1-3-9-16)19-12-6-7-13-20(19)25-22(27)17-10-4-5-11-18(17)23(28)29/h1-9,12-13,17-18H,10-11,14-15H2,(H,24,26)(H,25,27)(H,28,29)/t17-,18+/m0/s1. The van der Waals surface area contributed by atoms with Gasteiger partial charge in [-0.3, -0.25) is 14.4 Å². The summed E-state index contributed by atoms with van der Waals surface area (Å²) in [5.41, 5.74) is 1.86. The minimum absolute atomic E-state index is 0.282. The van der Waals surface area contributed by atoms with E-state index in [1.807, 2.05) is 36.4 Å². The third-order valence-corrected chi connectivity index (χ3v) is 5.06. The molecule has 6 heteroatoms. The van der Waals surface area contributed by atoms with Gasteiger partial charge in [-0.15, -0.1) is 0 Å². The van der Waals surface area contributed by atoms with Gasteiger partial charge in [-0.1, -0.05) is 54.6 Å². The monoisotopic (exact) mass is 392 g/mol. The third-order valence-electron chi connectivity index (χ3n) is 5.06. The van der Waals surface area contributed by atoms with Crippen LogP contribution in [0.2, 0.25) is 0 Å². The van der Waals surface area contributed by atoms with E-state index in [9.17, 15) is 19.5 Å². The van der Waals surface area contributed by atoms with Gasteiger partial charge in [0.15, 0.2) is 0 Å². The number of hydrogen-bond donors (Lipinski definition) is 3. The van der Waals surface area contributed by atoms with E-state index in [0.717, 1.165) is 5.56 Å². The number of anilines is 1. The van der Waals surface area contributed by atoms with Crippen molar-refractivity contribution in [2.24, 2.45) is 11.8 Å². The fourth-order valence-electron chi connectivity index (χ4n) is 3.45. The lowest BCUT2D eigenvalue weighted by Gasteiger charge is -2.24. The van der Waals surface area contributed by atoms with Gasteiger partial charge in [-0.25, -0.2) is 0 Å². The van der Waals surface area contributed by atoms with Crippen molar-refractivity contribution in [3.8, 4) is 0 Å². The van der Waals surface area contributed by atoms with Gasteiger partial charge in [-0.2, -0.15) is 0 Å². The molecule has 0 unspecified atom stereocenters. The second kappa shape index (κ2) is 9.68. The van der Waals surface area contributed by atoms with Crippen LogP contribution in [0, 0.1) is 11.8 Å². The Kier molecular flexibility index (Phi) is 6.79. The predicted octanol–water partition coefficient (Wildman–Crippen LogP) is 3.26. The number of carboxylic acids is 1. The van der Waals surface area contributed by atoms with Crippen molar-refractivity contribution in [2.75, 3.05) is 11.9 Å². The van der Waals surface area contributed by atoms with Gasteiger partial charge >= 0.3 is 5.97 Å². The number of nitrogens with one attached hydrogen (secondary N) is 2. The van der Waals surface area contributed by atoms with E-state index < -0.39 is 17.8 Å². The Morgan fingerprint density at radius 2 is 1.55 bits per heavy atom. The Morgan fingerprint density at radius 3 is 2.28 bits per heavy atom. The minimum atomic E-state index is -0.985. The normalized spacial score (nSPS) is 18.1. The van der Waals surface area contributed by atoms with Crippen LogP contribution in [0.3, 0.4) is 0 Å². The highest BCUT2D eigenvalue weighted by atomic mass is 16.4. The Morgan fingerprint density at radius 1 is 0.897 bits per heavy atom. The molecule has 3 N–H and O–H groups in total. The number of allylic oxidation sites excluding steroid dienone is 2. The molecule has 2 aromatic rings. The van der Waals surface area contributed by atoms with Gasteiger partial charge in [-0.05, 0) is 37.0 Å². The first-order valence-electron chi connectivity index (χ1n) is 9.66. The summed E-state index contributed by atoms with van der Waals surface area (Å²) < 4.78 is 0. The molecule has 0 aliphatic heterocycles. The fraction of sp³-hybridized carbons (Fsp3) is 0.261. The lowest BCUT2D eigenvalue weighted by Crippen LogP contribution is -2.35. The summed E-state index contributed by atoms with van der Waals surface area (Å²) in [6.45, 7) is 0.472. The molecular weight excluding hydrogens is 368 g/mol. The SMILES string of the molecule is O=C(NCCc1ccccc1)c1ccccc1NC(=O)[C@H]1CC=CC[C@H]1C(=O)O. The first-order valence-corrected chi connectivity index (χ1v) is 9.66. The second-order valence-corrected chi connectivity index (χ2v) is 7.02. The lowest BCUT2D eigenvalue weighted by molar-refractivity contribution is -0.146. The van der Waals surface area contributed by atoms with E-state index in [4.69, 9.17) is 0 Å². The highest BCUT2D eigenvalue weighted by molar-refractivity contribution is 6.04. The van der Waals surface area contributed by atoms with Crippen molar-refractivity contribution in [3.05, 3.63) is 77.9 Å². The van der Waals surface area contributed by atoms with Gasteiger partial charge in [0.05, 0.1) is 23.1 Å². The first kappa shape index (κ1) is 20.3. The number of aliphatic carboxylic acids is 1. The van der Waals surface area contributed by atoms with E-state index in [1.165, 1.54) is 0 Å². The van der Waals surface area contributed by atoms with Crippen molar-refractivity contribution in [3.63, 3.8) is 0 Å². The molecule has 1 aliphatic carbocycles. The molecule has 0 aromatic heterocycles. The summed E-state index contributed by atoms with van der Waals surface area (Å²) in [5, 5.41) is 15.0. The first-order chi connectivity index (χ1) is 14.1. The molecule has 2 amide bonds. The number of para-hydroxylation sites is 1. The van der Waals surface area contributed by atoms with Crippen molar-refractivity contribution < 1.29 is 19.5 Å². The maximum atomic E-state index is 12.7. The zero-order valence-corrected chi connectivity index (χ0v) is 16.0. The molecule has 2 atom stereocenters. The number of carbonyl (C=O) groups is 3. The van der Waals surface area contributed by atoms with E-state index in [0.29, 0.717) is 37.1 Å². The number of benzene rings is 2. The maximum absolute atomic E-state index is 12.7. The fourth-order valence-corrected chi connectivity index (χ4v) is 3.45. The molecule has 0 saturated carbocycles. The molecule has 0 heterocycles. The highest BCUT2D eigenvalue weighted by Crippen LogP contribution is 2.28. The molecule has 0 bridgehead atoms. The van der Waals surface area contributed by atoms with Gasteiger partial charge in [0.1, 0.15) is 0 Å². The average Bonchev–Trinajstić information content (AvgIpc) is 2.74. The molecule has 150 valence electrons. The Labute approximate surface area is 169 Å². The van der Waals surface area contributed by atoms with Gasteiger partial charge in [0, 0.05) is 6.54 Å². The van der Waals surface area contributed by atoms with Crippen molar-refractivity contribution in [1.29, 1.82) is 0 Å². The molecule has 2 aromatic carbocycles. The third kappa shape index (κ3) is 5.31. The van der Waals surface area contributed by atoms with Gasteiger partial charge < -0.3 is 15.7 Å². The summed E-state index contributed by atoms with van der Waals surface area (Å²) >= 11 is 0. The average molecular weight is 392 g/mol. The second-order valence-electron chi connectivity index (χ2n) is 7.02. The summed E-state index contributed by atoms with van der Waals surface area (Å²) in [4.78, 5) is 36.8. The number of amides is 2. The maximum Gasteiger partial charge on any atom is 0.307 e. The van der Waals surface area contributed by atoms with Crippen LogP contribution in [0.15, 0.2) is 66.7 Å². The minimum Gasteiger partial charge on any atom is -0.481 e. The van der Waals surface area contributed by atoms with Crippen LogP contribution in [0.25, 0.3) is 0 Å². The van der Waals surface area contributed by atoms with Crippen molar-refractivity contribution in [2.45, 2.75) is 19.3 Å². The summed E-state index contributed by atoms with van der Waals surface area (Å²) in [6, 6.07) is 16.6. The summed E-state index contributed by atoms with van der Waals surface area (Å²) in [7, 11) is 0. The van der Waals surface area contributed by atoms with Gasteiger partial charge in [0.25, 0.3) is 5.91 Å². The van der Waals surface area contributed by atoms with Crippen molar-refractivity contribution in [1.82, 2.24) is 5.32 Å². The predicted molar refractivity (Wildman–Crippen MR) is 111 cm³/mol. The molecule has 0 spiro atoms. The topological polar surface area (TPSA) is 95.5 Å². The van der Waals surface area contributed by atoms with E-state index >= 15 is 0 Å². The van der Waals surface area contributed by atoms with Crippen LogP contribution in [-0.2, 0) is 16.0 Å². The lowest BCUT2D eigenvalue weighted by atomic mass is 9.82. The van der Waals surface area contributed by atoms with Gasteiger partial charge in [0.2, 0.25) is 5.91 Å². The molecule has 1 aliphatic rings. The number of carbonyl (C=O) groups excluding carboxylic acids is 2. The largest absolute Gasteiger partial charge is 0.481 e. The van der Waals surface area contributed by atoms with Crippen LogP contribution in [0.1, 0.15) is 28.8 Å². The molecule has 3 rings (SSSR count). The molecule has 0 radical (unpaired) electrons. The van der Waals surface area contributed by atoms with Crippen LogP contribution >= 0.6 is 0 Å². The Balaban J connectivity index is 1.65. The number of rotatable bonds is 7. The zero-order chi connectivity index (χ0) is 20.6.